The Labute approximate surface area is 118 Å². The third kappa shape index (κ3) is 2.92. The fourth-order valence-corrected chi connectivity index (χ4v) is 2.08. The molecule has 2 aromatic carbocycles. The molecule has 4 nitrogen and oxygen atoms in total. The van der Waals surface area contributed by atoms with Crippen LogP contribution in [0.2, 0.25) is 0 Å². The number of quaternary nitrogens is 1. The molecule has 0 heterocycles. The third-order valence-corrected chi connectivity index (χ3v) is 3.33. The van der Waals surface area contributed by atoms with E-state index in [9.17, 15) is 10.1 Å². The molecule has 0 bridgehead atoms. The van der Waals surface area contributed by atoms with Gasteiger partial charge in [-0.25, -0.2) is 0 Å². The van der Waals surface area contributed by atoms with Gasteiger partial charge >= 0.3 is 0 Å². The molecule has 5 heteroatoms. The van der Waals surface area contributed by atoms with Gasteiger partial charge in [0, 0.05) is 0 Å². The van der Waals surface area contributed by atoms with Gasteiger partial charge in [-0.3, -0.25) is 0 Å². The van der Waals surface area contributed by atoms with Crippen LogP contribution in [0.3, 0.4) is 0 Å². The van der Waals surface area contributed by atoms with Gasteiger partial charge in [0.25, 0.3) is 0 Å². The molecule has 0 amide bonds. The molecular formula is C13H11IN2O2. The van der Waals surface area contributed by atoms with Crippen LogP contribution in [-0.4, -0.2) is 4.55 Å². The molecule has 1 N–H and O–H groups in total. The Bertz CT molecular complexity index is 526. The molecule has 1 unspecified atom stereocenters. The SMILES string of the molecule is O=Nc1ccc(-c2ccc([NH+]([O-])CI)cc2)cc1. The molecule has 0 radical (unpaired) electrons. The quantitative estimate of drug-likeness (QED) is 0.302. The van der Waals surface area contributed by atoms with Gasteiger partial charge in [-0.05, 0) is 75.3 Å². The normalized spacial score (nSPS) is 12.1. The van der Waals surface area contributed by atoms with Crippen molar-refractivity contribution in [3.8, 4) is 11.1 Å². The maximum atomic E-state index is 11.5. The summed E-state index contributed by atoms with van der Waals surface area (Å²) in [4.78, 5) is 10.3. The van der Waals surface area contributed by atoms with Crippen molar-refractivity contribution in [3.05, 3.63) is 58.6 Å². The van der Waals surface area contributed by atoms with E-state index in [-0.39, 0.29) is 5.06 Å². The number of nitrogens with zero attached hydrogens (tertiary/aromatic N) is 1. The van der Waals surface area contributed by atoms with Crippen molar-refractivity contribution in [1.29, 1.82) is 0 Å². The van der Waals surface area contributed by atoms with Crippen LogP contribution in [0, 0.1) is 10.1 Å². The summed E-state index contributed by atoms with van der Waals surface area (Å²) in [7, 11) is 0. The van der Waals surface area contributed by atoms with E-state index in [0.29, 0.717) is 10.2 Å². The van der Waals surface area contributed by atoms with Crippen LogP contribution >= 0.6 is 22.6 Å². The number of nitrogens with one attached hydrogen (secondary N) is 1. The zero-order valence-electron chi connectivity index (χ0n) is 9.47. The molecule has 0 saturated heterocycles. The first kappa shape index (κ1) is 13.1. The number of hydroxylamine groups is 1. The molecule has 0 aliphatic rings. The molecule has 1 atom stereocenters. The smallest absolute Gasteiger partial charge is 0.132 e. The number of nitroso groups, excluding NO2 is 1. The monoisotopic (exact) mass is 354 g/mol. The van der Waals surface area contributed by atoms with Crippen molar-refractivity contribution in [2.75, 3.05) is 4.55 Å². The lowest BCUT2D eigenvalue weighted by Crippen LogP contribution is -3.00. The molecule has 2 aromatic rings. The largest absolute Gasteiger partial charge is 0.628 e. The summed E-state index contributed by atoms with van der Waals surface area (Å²) < 4.78 is 0.483. The van der Waals surface area contributed by atoms with Gasteiger partial charge in [-0.15, -0.1) is 4.91 Å². The van der Waals surface area contributed by atoms with E-state index in [4.69, 9.17) is 0 Å². The van der Waals surface area contributed by atoms with E-state index >= 15 is 0 Å². The van der Waals surface area contributed by atoms with Crippen molar-refractivity contribution in [2.45, 2.75) is 0 Å². The summed E-state index contributed by atoms with van der Waals surface area (Å²) in [6.07, 6.45) is 0. The lowest BCUT2D eigenvalue weighted by molar-refractivity contribution is -0.756. The summed E-state index contributed by atoms with van der Waals surface area (Å²) in [5.74, 6) is 0. The molecule has 0 fully saturated rings. The van der Waals surface area contributed by atoms with Gasteiger partial charge in [0.05, 0.1) is 0 Å². The number of halogens is 1. The van der Waals surface area contributed by atoms with Gasteiger partial charge in [-0.2, -0.15) is 0 Å². The molecule has 0 aromatic heterocycles. The van der Waals surface area contributed by atoms with Gasteiger partial charge in [0.15, 0.2) is 0 Å². The Balaban J connectivity index is 2.25. The summed E-state index contributed by atoms with van der Waals surface area (Å²) in [6, 6.07) is 14.5. The Kier molecular flexibility index (Phi) is 4.40. The third-order valence-electron chi connectivity index (χ3n) is 2.63. The maximum absolute atomic E-state index is 11.5. The molecule has 0 spiro atoms. The lowest BCUT2D eigenvalue weighted by atomic mass is 10.1. The summed E-state index contributed by atoms with van der Waals surface area (Å²) in [5, 5.41) is 14.5. The van der Waals surface area contributed by atoms with Crippen molar-refractivity contribution < 1.29 is 5.06 Å². The van der Waals surface area contributed by atoms with E-state index in [1.807, 2.05) is 36.4 Å². The highest BCUT2D eigenvalue weighted by atomic mass is 127. The van der Waals surface area contributed by atoms with E-state index < -0.39 is 0 Å². The second kappa shape index (κ2) is 6.03. The zero-order chi connectivity index (χ0) is 13.0. The van der Waals surface area contributed by atoms with Gasteiger partial charge < -0.3 is 10.3 Å². The standard InChI is InChI=1S/C13H11IN2O2/c14-9-16(18)13-7-3-11(4-8-13)10-1-5-12(15-17)6-2-10/h1-8,16H,9H2. The first-order valence-electron chi connectivity index (χ1n) is 5.37. The average Bonchev–Trinajstić information content (AvgIpc) is 2.47. The molecule has 92 valence electrons. The van der Waals surface area contributed by atoms with Crippen LogP contribution in [-0.2, 0) is 0 Å². The highest BCUT2D eigenvalue weighted by Gasteiger charge is 2.02. The van der Waals surface area contributed by atoms with Crippen molar-refractivity contribution in [3.63, 3.8) is 0 Å². The van der Waals surface area contributed by atoms with E-state index in [1.54, 1.807) is 12.1 Å². The predicted molar refractivity (Wildman–Crippen MR) is 80.2 cm³/mol. The summed E-state index contributed by atoms with van der Waals surface area (Å²) >= 11 is 2.06. The van der Waals surface area contributed by atoms with Gasteiger partial charge in [0.2, 0.25) is 0 Å². The number of alkyl halides is 1. The predicted octanol–water partition coefficient (Wildman–Crippen LogP) is 3.16. The first-order chi connectivity index (χ1) is 8.74. The second-order valence-electron chi connectivity index (χ2n) is 3.77. The van der Waals surface area contributed by atoms with Crippen LogP contribution in [0.25, 0.3) is 11.1 Å². The van der Waals surface area contributed by atoms with E-state index in [1.165, 1.54) is 0 Å². The first-order valence-corrected chi connectivity index (χ1v) is 6.90. The van der Waals surface area contributed by atoms with Crippen molar-refractivity contribution in [2.24, 2.45) is 5.18 Å². The maximum Gasteiger partial charge on any atom is 0.132 e. The Morgan fingerprint density at radius 1 is 1.00 bits per heavy atom. The van der Waals surface area contributed by atoms with Crippen LogP contribution in [0.1, 0.15) is 0 Å². The highest BCUT2D eigenvalue weighted by molar-refractivity contribution is 14.1. The lowest BCUT2D eigenvalue weighted by Gasteiger charge is -2.18. The van der Waals surface area contributed by atoms with Crippen LogP contribution in [0.5, 0.6) is 0 Å². The summed E-state index contributed by atoms with van der Waals surface area (Å²) in [6.45, 7) is 0. The Morgan fingerprint density at radius 3 is 1.94 bits per heavy atom. The highest BCUT2D eigenvalue weighted by Crippen LogP contribution is 2.23. The minimum atomic E-state index is 0.127. The number of rotatable bonds is 4. The molecule has 2 rings (SSSR count). The minimum Gasteiger partial charge on any atom is -0.628 e. The molecule has 0 saturated carbocycles. The van der Waals surface area contributed by atoms with Crippen LogP contribution in [0.4, 0.5) is 11.4 Å². The van der Waals surface area contributed by atoms with E-state index in [0.717, 1.165) is 16.8 Å². The molecule has 0 aliphatic heterocycles. The zero-order valence-corrected chi connectivity index (χ0v) is 11.6. The van der Waals surface area contributed by atoms with Crippen molar-refractivity contribution >= 4 is 34.0 Å². The van der Waals surface area contributed by atoms with E-state index in [2.05, 4.69) is 27.8 Å². The number of hydrogen-bond donors (Lipinski definition) is 1. The second-order valence-corrected chi connectivity index (χ2v) is 4.54. The Hall–Kier alpha value is -1.31. The van der Waals surface area contributed by atoms with Crippen LogP contribution in [0.15, 0.2) is 53.7 Å². The fourth-order valence-electron chi connectivity index (χ4n) is 1.64. The van der Waals surface area contributed by atoms with Gasteiger partial charge in [0.1, 0.15) is 15.9 Å². The minimum absolute atomic E-state index is 0.127. The van der Waals surface area contributed by atoms with Gasteiger partial charge in [-0.1, -0.05) is 12.1 Å². The van der Waals surface area contributed by atoms with Crippen molar-refractivity contribution in [1.82, 2.24) is 0 Å². The molecule has 18 heavy (non-hydrogen) atoms. The van der Waals surface area contributed by atoms with Crippen LogP contribution < -0.4 is 5.06 Å². The molecular weight excluding hydrogens is 343 g/mol. The number of hydrogen-bond acceptors (Lipinski definition) is 3. The fraction of sp³-hybridized carbons (Fsp3) is 0.0769. The number of benzene rings is 2. The summed E-state index contributed by atoms with van der Waals surface area (Å²) in [5.41, 5.74) is 3.14. The molecule has 0 aliphatic carbocycles. The topological polar surface area (TPSA) is 56.9 Å². The Morgan fingerprint density at radius 2 is 1.50 bits per heavy atom. The average molecular weight is 354 g/mol.